The molecule has 2 aromatic carbocycles. The molecule has 1 saturated heterocycles. The number of anilines is 2. The van der Waals surface area contributed by atoms with Gasteiger partial charge in [0.25, 0.3) is 20.2 Å². The van der Waals surface area contributed by atoms with Crippen molar-refractivity contribution in [1.82, 2.24) is 4.90 Å². The molecule has 0 aromatic heterocycles. The van der Waals surface area contributed by atoms with Crippen LogP contribution in [0.25, 0.3) is 11.1 Å². The number of hydrogen-bond acceptors (Lipinski definition) is 8. The number of ether oxygens (including phenoxy) is 1. The second kappa shape index (κ2) is 10.9. The number of carbonyl (C=O) groups excluding carboxylic acids is 2. The number of likely N-dealkylation sites (N-methyl/N-ethyl adjacent to an activating group) is 1. The highest BCUT2D eigenvalue weighted by Gasteiger charge is 2.29. The average molecular weight is 552 g/mol. The third-order valence-corrected chi connectivity index (χ3v) is 7.28. The summed E-state index contributed by atoms with van der Waals surface area (Å²) >= 11 is 0. The summed E-state index contributed by atoms with van der Waals surface area (Å²) in [6.07, 6.45) is 1.24. The predicted octanol–water partition coefficient (Wildman–Crippen LogP) is 2.10. The number of amides is 2. The van der Waals surface area contributed by atoms with Crippen molar-refractivity contribution < 1.29 is 40.3 Å². The fourth-order valence-electron chi connectivity index (χ4n) is 3.77. The maximum atomic E-state index is 12.4. The molecule has 1 aliphatic rings. The highest BCUT2D eigenvalue weighted by molar-refractivity contribution is 7.86. The van der Waals surface area contributed by atoms with Crippen molar-refractivity contribution in [2.45, 2.75) is 15.9 Å². The van der Waals surface area contributed by atoms with Crippen LogP contribution in [0.1, 0.15) is 11.7 Å². The number of carbonyl (C=O) groups is 2. The SMILES string of the molecule is C=CC(=O)Nc1ccc(-c2cc(C3CN(C)CCO3)c(NC(=O)C=C)cc2S(=O)(=O)O)c(S(=O)(=O)O)c1. The Bertz CT molecular complexity index is 1490. The predicted molar refractivity (Wildman–Crippen MR) is 135 cm³/mol. The zero-order valence-corrected chi connectivity index (χ0v) is 21.3. The Kier molecular flexibility index (Phi) is 8.32. The molecule has 12 nitrogen and oxygen atoms in total. The van der Waals surface area contributed by atoms with Gasteiger partial charge in [-0.15, -0.1) is 0 Å². The van der Waals surface area contributed by atoms with E-state index >= 15 is 0 Å². The highest BCUT2D eigenvalue weighted by Crippen LogP contribution is 2.40. The second-order valence-corrected chi connectivity index (χ2v) is 10.9. The van der Waals surface area contributed by atoms with E-state index in [9.17, 15) is 35.5 Å². The van der Waals surface area contributed by atoms with Crippen LogP contribution in [-0.2, 0) is 34.6 Å². The van der Waals surface area contributed by atoms with Crippen molar-refractivity contribution in [2.75, 3.05) is 37.4 Å². The summed E-state index contributed by atoms with van der Waals surface area (Å²) in [5.41, 5.74) is -0.333. The van der Waals surface area contributed by atoms with Gasteiger partial charge in [-0.2, -0.15) is 16.8 Å². The Morgan fingerprint density at radius 3 is 2.14 bits per heavy atom. The summed E-state index contributed by atoms with van der Waals surface area (Å²) in [4.78, 5) is 24.2. The van der Waals surface area contributed by atoms with Crippen molar-refractivity contribution in [3.63, 3.8) is 0 Å². The number of hydrogen-bond donors (Lipinski definition) is 4. The Labute approximate surface area is 214 Å². The van der Waals surface area contributed by atoms with E-state index in [-0.39, 0.29) is 28.1 Å². The second-order valence-electron chi connectivity index (χ2n) is 8.11. The van der Waals surface area contributed by atoms with Crippen LogP contribution in [0.15, 0.2) is 65.4 Å². The lowest BCUT2D eigenvalue weighted by Crippen LogP contribution is -2.35. The summed E-state index contributed by atoms with van der Waals surface area (Å²) in [6, 6.07) is 5.60. The summed E-state index contributed by atoms with van der Waals surface area (Å²) < 4.78 is 75.1. The number of morpholine rings is 1. The van der Waals surface area contributed by atoms with E-state index in [1.807, 2.05) is 11.9 Å². The molecule has 0 bridgehead atoms. The number of benzene rings is 2. The maximum absolute atomic E-state index is 12.4. The lowest BCUT2D eigenvalue weighted by atomic mass is 9.97. The van der Waals surface area contributed by atoms with Crippen molar-refractivity contribution in [1.29, 1.82) is 0 Å². The number of nitrogens with one attached hydrogen (secondary N) is 2. The number of rotatable bonds is 8. The van der Waals surface area contributed by atoms with E-state index in [4.69, 9.17) is 4.74 Å². The van der Waals surface area contributed by atoms with Crippen LogP contribution in [0.5, 0.6) is 0 Å². The molecule has 2 aromatic rings. The van der Waals surface area contributed by atoms with Gasteiger partial charge in [0.2, 0.25) is 11.8 Å². The molecule has 0 spiro atoms. The lowest BCUT2D eigenvalue weighted by molar-refractivity contribution is -0.112. The van der Waals surface area contributed by atoms with Crippen LogP contribution in [-0.4, -0.2) is 69.4 Å². The van der Waals surface area contributed by atoms with Gasteiger partial charge in [0.05, 0.1) is 12.7 Å². The van der Waals surface area contributed by atoms with Crippen molar-refractivity contribution in [3.8, 4) is 11.1 Å². The zero-order chi connectivity index (χ0) is 27.5. The van der Waals surface area contributed by atoms with E-state index in [1.54, 1.807) is 0 Å². The van der Waals surface area contributed by atoms with Gasteiger partial charge in [0.15, 0.2) is 0 Å². The molecule has 14 heteroatoms. The largest absolute Gasteiger partial charge is 0.371 e. The molecule has 1 aliphatic heterocycles. The van der Waals surface area contributed by atoms with Crippen molar-refractivity contribution >= 4 is 43.4 Å². The minimum absolute atomic E-state index is 0.00940. The summed E-state index contributed by atoms with van der Waals surface area (Å²) in [5, 5.41) is 4.84. The first-order valence-corrected chi connectivity index (χ1v) is 13.6. The van der Waals surface area contributed by atoms with E-state index in [0.717, 1.165) is 30.4 Å². The smallest absolute Gasteiger partial charge is 0.295 e. The first-order chi connectivity index (χ1) is 17.2. The minimum atomic E-state index is -4.99. The normalized spacial score (nSPS) is 16.6. The van der Waals surface area contributed by atoms with Gasteiger partial charge in [-0.25, -0.2) is 0 Å². The fourth-order valence-corrected chi connectivity index (χ4v) is 5.22. The maximum Gasteiger partial charge on any atom is 0.295 e. The molecule has 0 aliphatic carbocycles. The van der Waals surface area contributed by atoms with Gasteiger partial charge < -0.3 is 20.3 Å². The standard InChI is InChI=1S/C23H25N3O9S2/c1-4-22(27)24-14-6-7-15(20(10-14)36(29,30)31)16-11-17(19-13-26(3)8-9-35-19)18(25-23(28)5-2)12-21(16)37(32,33)34/h4-7,10-12,19H,1-2,8-9,13H2,3H3,(H,24,27)(H,25,28)(H,29,30,31)(H,32,33,34). The Morgan fingerprint density at radius 1 is 0.973 bits per heavy atom. The Balaban J connectivity index is 2.36. The van der Waals surface area contributed by atoms with Gasteiger partial charge in [0, 0.05) is 41.2 Å². The van der Waals surface area contributed by atoms with Gasteiger partial charge >= 0.3 is 0 Å². The molecule has 37 heavy (non-hydrogen) atoms. The molecule has 1 unspecified atom stereocenters. The van der Waals surface area contributed by atoms with Gasteiger partial charge in [0.1, 0.15) is 9.79 Å². The van der Waals surface area contributed by atoms with Crippen LogP contribution in [0.4, 0.5) is 11.4 Å². The molecule has 198 valence electrons. The lowest BCUT2D eigenvalue weighted by Gasteiger charge is -2.32. The minimum Gasteiger partial charge on any atom is -0.371 e. The molecule has 1 fully saturated rings. The molecule has 0 saturated carbocycles. The Morgan fingerprint density at radius 2 is 1.57 bits per heavy atom. The van der Waals surface area contributed by atoms with Crippen molar-refractivity contribution in [3.05, 3.63) is 61.2 Å². The van der Waals surface area contributed by atoms with Crippen molar-refractivity contribution in [2.24, 2.45) is 0 Å². The fraction of sp³-hybridized carbons (Fsp3) is 0.217. The van der Waals surface area contributed by atoms with Crippen LogP contribution in [0.2, 0.25) is 0 Å². The molecule has 1 atom stereocenters. The van der Waals surface area contributed by atoms with Gasteiger partial charge in [-0.05, 0) is 43.5 Å². The van der Waals surface area contributed by atoms with E-state index in [2.05, 4.69) is 23.8 Å². The quantitative estimate of drug-likeness (QED) is 0.280. The highest BCUT2D eigenvalue weighted by atomic mass is 32.2. The molecule has 2 amide bonds. The molecule has 3 rings (SSSR count). The summed E-state index contributed by atoms with van der Waals surface area (Å²) in [5.74, 6) is -1.32. The van der Waals surface area contributed by atoms with Crippen LogP contribution in [0.3, 0.4) is 0 Å². The third-order valence-electron chi connectivity index (χ3n) is 5.49. The summed E-state index contributed by atoms with van der Waals surface area (Å²) in [6.45, 7) is 7.95. The Hall–Kier alpha value is -3.40. The number of nitrogens with zero attached hydrogens (tertiary/aromatic N) is 1. The van der Waals surface area contributed by atoms with Gasteiger partial charge in [-0.3, -0.25) is 18.7 Å². The molecular formula is C23H25N3O9S2. The molecular weight excluding hydrogens is 526 g/mol. The zero-order valence-electron chi connectivity index (χ0n) is 19.7. The van der Waals surface area contributed by atoms with Crippen LogP contribution in [0, 0.1) is 0 Å². The molecule has 0 radical (unpaired) electrons. The first kappa shape index (κ1) is 28.2. The van der Waals surface area contributed by atoms with Crippen LogP contribution < -0.4 is 10.6 Å². The topological polar surface area (TPSA) is 179 Å². The van der Waals surface area contributed by atoms with E-state index in [1.165, 1.54) is 12.1 Å². The third kappa shape index (κ3) is 6.68. The van der Waals surface area contributed by atoms with E-state index < -0.39 is 47.9 Å². The first-order valence-electron chi connectivity index (χ1n) is 10.7. The summed E-state index contributed by atoms with van der Waals surface area (Å²) in [7, 11) is -8.12. The molecule has 4 N–H and O–H groups in total. The van der Waals surface area contributed by atoms with E-state index in [0.29, 0.717) is 19.7 Å². The molecule has 1 heterocycles. The monoisotopic (exact) mass is 551 g/mol. The van der Waals surface area contributed by atoms with Gasteiger partial charge in [-0.1, -0.05) is 19.2 Å². The van der Waals surface area contributed by atoms with Crippen LogP contribution >= 0.6 is 0 Å². The average Bonchev–Trinajstić information content (AvgIpc) is 2.82.